The highest BCUT2D eigenvalue weighted by Gasteiger charge is 2.50. The average Bonchev–Trinajstić information content (AvgIpc) is 3.38. The van der Waals surface area contributed by atoms with E-state index in [-0.39, 0.29) is 42.3 Å². The number of hydrazine groups is 1. The molecule has 0 bridgehead atoms. The molecule has 162 valence electrons. The van der Waals surface area contributed by atoms with Crippen LogP contribution < -0.4 is 10.9 Å². The van der Waals surface area contributed by atoms with Crippen molar-refractivity contribution in [2.75, 3.05) is 19.6 Å². The zero-order valence-corrected chi connectivity index (χ0v) is 17.3. The number of piperidine rings is 1. The molecule has 0 spiro atoms. The van der Waals surface area contributed by atoms with Crippen molar-refractivity contribution in [3.05, 3.63) is 35.9 Å². The Kier molecular flexibility index (Phi) is 5.50. The molecule has 1 aromatic rings. The van der Waals surface area contributed by atoms with Crippen molar-refractivity contribution in [3.8, 4) is 0 Å². The minimum absolute atomic E-state index is 0.0368. The van der Waals surface area contributed by atoms with Gasteiger partial charge in [-0.3, -0.25) is 15.0 Å². The smallest absolute Gasteiger partial charge is 0.227 e. The third-order valence-electron chi connectivity index (χ3n) is 7.58. The van der Waals surface area contributed by atoms with Gasteiger partial charge in [0.2, 0.25) is 11.8 Å². The fourth-order valence-corrected chi connectivity index (χ4v) is 5.91. The summed E-state index contributed by atoms with van der Waals surface area (Å²) in [6.07, 6.45) is 3.26. The molecule has 6 nitrogen and oxygen atoms in total. The number of likely N-dealkylation sites (tertiary alicyclic amines) is 2. The molecule has 3 heterocycles. The van der Waals surface area contributed by atoms with Crippen molar-refractivity contribution in [2.24, 2.45) is 11.8 Å². The van der Waals surface area contributed by atoms with Gasteiger partial charge in [-0.1, -0.05) is 30.3 Å². The normalized spacial score (nSPS) is 35.0. The predicted octanol–water partition coefficient (Wildman–Crippen LogP) is 2.18. The molecule has 7 heteroatoms. The highest BCUT2D eigenvalue weighted by Crippen LogP contribution is 2.36. The van der Waals surface area contributed by atoms with Crippen molar-refractivity contribution >= 4 is 11.8 Å². The number of hydrogen-bond donors (Lipinski definition) is 2. The number of nitrogens with zero attached hydrogens (tertiary/aromatic N) is 2. The first kappa shape index (κ1) is 19.9. The van der Waals surface area contributed by atoms with Gasteiger partial charge < -0.3 is 9.80 Å². The Morgan fingerprint density at radius 1 is 1.03 bits per heavy atom. The molecule has 1 aliphatic carbocycles. The monoisotopic (exact) mass is 414 g/mol. The molecule has 2 N–H and O–H groups in total. The van der Waals surface area contributed by atoms with Gasteiger partial charge in [0, 0.05) is 38.0 Å². The first-order valence-corrected chi connectivity index (χ1v) is 11.4. The van der Waals surface area contributed by atoms with Gasteiger partial charge in [0.05, 0.1) is 5.92 Å². The van der Waals surface area contributed by atoms with E-state index < -0.39 is 6.17 Å². The van der Waals surface area contributed by atoms with Gasteiger partial charge in [-0.15, -0.1) is 0 Å². The van der Waals surface area contributed by atoms with Gasteiger partial charge in [0.15, 0.2) is 0 Å². The van der Waals surface area contributed by atoms with Crippen LogP contribution in [-0.2, 0) is 9.59 Å². The van der Waals surface area contributed by atoms with Crippen LogP contribution in [0.2, 0.25) is 0 Å². The van der Waals surface area contributed by atoms with E-state index in [0.29, 0.717) is 18.9 Å². The summed E-state index contributed by atoms with van der Waals surface area (Å²) in [5.41, 5.74) is 7.68. The second-order valence-corrected chi connectivity index (χ2v) is 9.32. The van der Waals surface area contributed by atoms with Gasteiger partial charge in [-0.2, -0.15) is 0 Å². The molecular weight excluding hydrogens is 383 g/mol. The third kappa shape index (κ3) is 3.62. The van der Waals surface area contributed by atoms with Gasteiger partial charge in [0.1, 0.15) is 12.3 Å². The molecule has 3 saturated heterocycles. The Morgan fingerprint density at radius 2 is 1.80 bits per heavy atom. The largest absolute Gasteiger partial charge is 0.342 e. The number of carbonyl (C=O) groups excluding carboxylic acids is 2. The van der Waals surface area contributed by atoms with E-state index in [1.165, 1.54) is 5.56 Å². The minimum atomic E-state index is -0.907. The van der Waals surface area contributed by atoms with Crippen LogP contribution in [0.4, 0.5) is 4.39 Å². The average molecular weight is 415 g/mol. The Labute approximate surface area is 177 Å². The Morgan fingerprint density at radius 3 is 2.57 bits per heavy atom. The van der Waals surface area contributed by atoms with Gasteiger partial charge in [0.25, 0.3) is 0 Å². The fourth-order valence-electron chi connectivity index (χ4n) is 5.91. The summed E-state index contributed by atoms with van der Waals surface area (Å²) >= 11 is 0. The lowest BCUT2D eigenvalue weighted by Crippen LogP contribution is -2.51. The Hall–Kier alpha value is -1.99. The number of fused-ring (bicyclic) bond motifs is 1. The van der Waals surface area contributed by atoms with E-state index in [1.807, 2.05) is 11.0 Å². The number of halogens is 1. The lowest BCUT2D eigenvalue weighted by molar-refractivity contribution is -0.136. The summed E-state index contributed by atoms with van der Waals surface area (Å²) in [4.78, 5) is 29.5. The van der Waals surface area contributed by atoms with Gasteiger partial charge in [-0.05, 0) is 43.6 Å². The third-order valence-corrected chi connectivity index (χ3v) is 7.58. The zero-order chi connectivity index (χ0) is 20.7. The molecule has 30 heavy (non-hydrogen) atoms. The van der Waals surface area contributed by atoms with Crippen LogP contribution in [0.1, 0.15) is 50.0 Å². The quantitative estimate of drug-likeness (QED) is 0.796. The lowest BCUT2D eigenvalue weighted by Gasteiger charge is -2.35. The molecule has 1 aromatic carbocycles. The number of nitrogens with one attached hydrogen (secondary N) is 2. The van der Waals surface area contributed by atoms with Crippen LogP contribution >= 0.6 is 0 Å². The van der Waals surface area contributed by atoms with E-state index in [0.717, 1.165) is 38.8 Å². The summed E-state index contributed by atoms with van der Waals surface area (Å²) in [6, 6.07) is 10.6. The van der Waals surface area contributed by atoms with Crippen LogP contribution in [0.25, 0.3) is 0 Å². The first-order chi connectivity index (χ1) is 14.6. The number of alkyl halides is 1. The zero-order valence-electron chi connectivity index (χ0n) is 17.3. The maximum absolute atomic E-state index is 14.6. The number of amides is 2. The van der Waals surface area contributed by atoms with E-state index in [9.17, 15) is 14.0 Å². The maximum Gasteiger partial charge on any atom is 0.227 e. The van der Waals surface area contributed by atoms with Crippen molar-refractivity contribution in [3.63, 3.8) is 0 Å². The van der Waals surface area contributed by atoms with Crippen molar-refractivity contribution in [2.45, 2.75) is 62.8 Å². The second kappa shape index (κ2) is 8.27. The van der Waals surface area contributed by atoms with Crippen LogP contribution in [0.15, 0.2) is 30.3 Å². The van der Waals surface area contributed by atoms with Crippen LogP contribution in [0.3, 0.4) is 0 Å². The highest BCUT2D eigenvalue weighted by atomic mass is 19.1. The van der Waals surface area contributed by atoms with Crippen LogP contribution in [-0.4, -0.2) is 59.6 Å². The van der Waals surface area contributed by atoms with Crippen molar-refractivity contribution in [1.82, 2.24) is 20.7 Å². The second-order valence-electron chi connectivity index (χ2n) is 9.32. The van der Waals surface area contributed by atoms with Gasteiger partial charge >= 0.3 is 0 Å². The molecule has 0 radical (unpaired) electrons. The van der Waals surface area contributed by atoms with Crippen molar-refractivity contribution in [1.29, 1.82) is 0 Å². The summed E-state index contributed by atoms with van der Waals surface area (Å²) in [5, 5.41) is 0. The molecule has 4 fully saturated rings. The number of benzene rings is 1. The first-order valence-electron chi connectivity index (χ1n) is 11.4. The van der Waals surface area contributed by atoms with E-state index in [4.69, 9.17) is 0 Å². The SMILES string of the molecule is O=C(C1CC(=O)N(C2NNC3CCCC(F)C32)C1)N1CCC(c2ccccc2)CC1. The van der Waals surface area contributed by atoms with Crippen LogP contribution in [0.5, 0.6) is 0 Å². The van der Waals surface area contributed by atoms with E-state index >= 15 is 0 Å². The Balaban J connectivity index is 1.19. The van der Waals surface area contributed by atoms with Crippen LogP contribution in [0, 0.1) is 11.8 Å². The molecule has 5 unspecified atom stereocenters. The highest BCUT2D eigenvalue weighted by molar-refractivity contribution is 5.89. The lowest BCUT2D eigenvalue weighted by atomic mass is 9.82. The minimum Gasteiger partial charge on any atom is -0.342 e. The molecular formula is C23H31FN4O2. The van der Waals surface area contributed by atoms with E-state index in [2.05, 4.69) is 35.1 Å². The molecule has 4 aliphatic rings. The van der Waals surface area contributed by atoms with E-state index in [1.54, 1.807) is 4.90 Å². The molecule has 0 aromatic heterocycles. The topological polar surface area (TPSA) is 64.7 Å². The summed E-state index contributed by atoms with van der Waals surface area (Å²) < 4.78 is 14.6. The summed E-state index contributed by atoms with van der Waals surface area (Å²) in [6.45, 7) is 1.87. The molecule has 5 atom stereocenters. The van der Waals surface area contributed by atoms with Gasteiger partial charge in [-0.25, -0.2) is 9.82 Å². The number of rotatable bonds is 3. The summed E-state index contributed by atoms with van der Waals surface area (Å²) in [7, 11) is 0. The fraction of sp³-hybridized carbons (Fsp3) is 0.652. The molecule has 1 saturated carbocycles. The number of hydrogen-bond acceptors (Lipinski definition) is 4. The molecule has 2 amide bonds. The molecule has 5 rings (SSSR count). The molecule has 3 aliphatic heterocycles. The Bertz CT molecular complexity index is 783. The predicted molar refractivity (Wildman–Crippen MR) is 111 cm³/mol. The number of carbonyl (C=O) groups is 2. The standard InChI is InChI=1S/C23H31FN4O2/c24-18-7-4-8-19-21(18)22(26-25-19)28-14-17(13-20(28)29)23(30)27-11-9-16(10-12-27)15-5-2-1-3-6-15/h1-3,5-6,16-19,21-22,25-26H,4,7-14H2. The maximum atomic E-state index is 14.6. The summed E-state index contributed by atoms with van der Waals surface area (Å²) in [5.74, 6) is 0.00689. The van der Waals surface area contributed by atoms with Crippen molar-refractivity contribution < 1.29 is 14.0 Å².